The van der Waals surface area contributed by atoms with E-state index < -0.39 is 0 Å². The highest BCUT2D eigenvalue weighted by molar-refractivity contribution is 7.27. The van der Waals surface area contributed by atoms with Crippen molar-refractivity contribution in [2.75, 3.05) is 4.90 Å². The average molecular weight is 654 g/mol. The number of hydrogen-bond donors (Lipinski definition) is 0. The quantitative estimate of drug-likeness (QED) is 0.189. The van der Waals surface area contributed by atoms with Crippen molar-refractivity contribution >= 4 is 134 Å². The molecule has 0 aliphatic heterocycles. The maximum absolute atomic E-state index is 6.69. The van der Waals surface area contributed by atoms with Crippen LogP contribution in [0.15, 0.2) is 144 Å². The van der Waals surface area contributed by atoms with Crippen molar-refractivity contribution in [1.82, 2.24) is 0 Å². The topological polar surface area (TPSA) is 16.4 Å². The van der Waals surface area contributed by atoms with Crippen molar-refractivity contribution in [3.63, 3.8) is 0 Å². The molecule has 11 aromatic rings. The van der Waals surface area contributed by atoms with E-state index in [-0.39, 0.29) is 0 Å². The molecule has 220 valence electrons. The number of nitrogens with zero attached hydrogens (tertiary/aromatic N) is 1. The Morgan fingerprint density at radius 1 is 0.383 bits per heavy atom. The van der Waals surface area contributed by atoms with Gasteiger partial charge in [-0.15, -0.1) is 34.0 Å². The summed E-state index contributed by atoms with van der Waals surface area (Å²) in [5.74, 6) is 0. The van der Waals surface area contributed by atoms with Gasteiger partial charge >= 0.3 is 0 Å². The van der Waals surface area contributed by atoms with Gasteiger partial charge in [-0.2, -0.15) is 0 Å². The minimum Gasteiger partial charge on any atom is -0.455 e. The van der Waals surface area contributed by atoms with Gasteiger partial charge in [0.25, 0.3) is 0 Å². The maximum Gasteiger partial charge on any atom is 0.144 e. The van der Waals surface area contributed by atoms with E-state index in [1.807, 2.05) is 34.0 Å². The van der Waals surface area contributed by atoms with Crippen LogP contribution in [-0.2, 0) is 0 Å². The molecule has 0 unspecified atom stereocenters. The SMILES string of the molecule is c1ccc2c(c1)oc1c2cc(N(c2cccc3c2sc2ccccc23)c2cccc3c2sc2ccccc23)c2sc3ccccc3c21. The molecule has 2 nitrogen and oxygen atoms in total. The number of hydrogen-bond acceptors (Lipinski definition) is 5. The van der Waals surface area contributed by atoms with Crippen LogP contribution in [0.1, 0.15) is 0 Å². The van der Waals surface area contributed by atoms with Crippen LogP contribution in [0.25, 0.3) is 82.5 Å². The zero-order valence-electron chi connectivity index (χ0n) is 24.9. The summed E-state index contributed by atoms with van der Waals surface area (Å²) in [6, 6.07) is 50.8. The van der Waals surface area contributed by atoms with Gasteiger partial charge in [0.1, 0.15) is 11.2 Å². The zero-order chi connectivity index (χ0) is 30.6. The Morgan fingerprint density at radius 2 is 0.872 bits per heavy atom. The molecule has 0 radical (unpaired) electrons. The number of benzene rings is 7. The van der Waals surface area contributed by atoms with Crippen LogP contribution in [-0.4, -0.2) is 0 Å². The third kappa shape index (κ3) is 3.59. The van der Waals surface area contributed by atoms with Gasteiger partial charge in [0.2, 0.25) is 0 Å². The van der Waals surface area contributed by atoms with Crippen LogP contribution in [0.4, 0.5) is 17.1 Å². The second kappa shape index (κ2) is 9.66. The maximum atomic E-state index is 6.69. The van der Waals surface area contributed by atoms with Gasteiger partial charge < -0.3 is 9.32 Å². The molecule has 4 aromatic heterocycles. The van der Waals surface area contributed by atoms with Crippen molar-refractivity contribution in [2.24, 2.45) is 0 Å². The Bertz CT molecular complexity index is 2930. The number of rotatable bonds is 3. The molecule has 5 heteroatoms. The minimum absolute atomic E-state index is 0.918. The third-order valence-electron chi connectivity index (χ3n) is 9.46. The highest BCUT2D eigenvalue weighted by Gasteiger charge is 2.26. The van der Waals surface area contributed by atoms with Gasteiger partial charge in [0.15, 0.2) is 0 Å². The van der Waals surface area contributed by atoms with Crippen molar-refractivity contribution in [3.8, 4) is 0 Å². The van der Waals surface area contributed by atoms with Crippen molar-refractivity contribution in [1.29, 1.82) is 0 Å². The van der Waals surface area contributed by atoms with Crippen LogP contribution >= 0.6 is 34.0 Å². The van der Waals surface area contributed by atoms with Crippen molar-refractivity contribution < 1.29 is 4.42 Å². The summed E-state index contributed by atoms with van der Waals surface area (Å²) in [6.07, 6.45) is 0. The van der Waals surface area contributed by atoms with E-state index in [4.69, 9.17) is 4.42 Å². The highest BCUT2D eigenvalue weighted by Crippen LogP contribution is 2.54. The Kier molecular flexibility index (Phi) is 5.33. The molecule has 0 fully saturated rings. The first-order chi connectivity index (χ1) is 23.3. The molecule has 47 heavy (non-hydrogen) atoms. The Labute approximate surface area is 280 Å². The molecule has 0 bridgehead atoms. The monoisotopic (exact) mass is 653 g/mol. The standard InChI is InChI=1S/C42H23NOS3/c1-5-19-34-24(11-1)30-23-33(42-38(39(30)44-34)29-14-4-8-22-37(29)47-42)43(31-17-9-15-27-25-12-2-6-20-35(25)45-40(27)31)32-18-10-16-28-26-13-3-7-21-36(26)46-41(28)32/h1-23H. The summed E-state index contributed by atoms with van der Waals surface area (Å²) in [5.41, 5.74) is 5.44. The van der Waals surface area contributed by atoms with Gasteiger partial charge in [-0.05, 0) is 42.5 Å². The predicted molar refractivity (Wildman–Crippen MR) is 207 cm³/mol. The molecule has 0 aliphatic rings. The number of anilines is 3. The van der Waals surface area contributed by atoms with E-state index in [1.54, 1.807) is 0 Å². The van der Waals surface area contributed by atoms with Crippen molar-refractivity contribution in [3.05, 3.63) is 140 Å². The van der Waals surface area contributed by atoms with Gasteiger partial charge in [-0.25, -0.2) is 0 Å². The van der Waals surface area contributed by atoms with Gasteiger partial charge in [0.05, 0.1) is 31.2 Å². The Balaban J connectivity index is 1.35. The Hall–Kier alpha value is -5.20. The fourth-order valence-corrected chi connectivity index (χ4v) is 11.0. The summed E-state index contributed by atoms with van der Waals surface area (Å²) in [5, 5.41) is 9.89. The van der Waals surface area contributed by atoms with E-state index in [9.17, 15) is 0 Å². The molecule has 0 saturated heterocycles. The lowest BCUT2D eigenvalue weighted by atomic mass is 10.0. The first-order valence-corrected chi connectivity index (χ1v) is 18.1. The van der Waals surface area contributed by atoms with Gasteiger partial charge in [-0.1, -0.05) is 97.1 Å². The molecule has 11 rings (SSSR count). The summed E-state index contributed by atoms with van der Waals surface area (Å²) in [7, 11) is 0. The molecule has 0 aliphatic carbocycles. The van der Waals surface area contributed by atoms with Crippen LogP contribution in [0.3, 0.4) is 0 Å². The lowest BCUT2D eigenvalue weighted by Gasteiger charge is -2.27. The number of para-hydroxylation sites is 1. The van der Waals surface area contributed by atoms with E-state index in [2.05, 4.69) is 144 Å². The number of fused-ring (bicyclic) bond motifs is 13. The molecular weight excluding hydrogens is 631 g/mol. The van der Waals surface area contributed by atoms with Crippen LogP contribution in [0, 0.1) is 0 Å². The lowest BCUT2D eigenvalue weighted by molar-refractivity contribution is 0.673. The fraction of sp³-hybridized carbons (Fsp3) is 0. The molecule has 0 N–H and O–H groups in total. The van der Waals surface area contributed by atoms with E-state index >= 15 is 0 Å². The zero-order valence-corrected chi connectivity index (χ0v) is 27.3. The summed E-state index contributed by atoms with van der Waals surface area (Å²) >= 11 is 5.62. The smallest absolute Gasteiger partial charge is 0.144 e. The highest BCUT2D eigenvalue weighted by atomic mass is 32.1. The van der Waals surface area contributed by atoms with Crippen LogP contribution < -0.4 is 4.90 Å². The van der Waals surface area contributed by atoms with Gasteiger partial charge in [0, 0.05) is 57.2 Å². The lowest BCUT2D eigenvalue weighted by Crippen LogP contribution is -2.10. The normalized spacial score (nSPS) is 12.3. The van der Waals surface area contributed by atoms with E-state index in [0.29, 0.717) is 0 Å². The second-order valence-electron chi connectivity index (χ2n) is 12.0. The average Bonchev–Trinajstić information content (AvgIpc) is 3.89. The van der Waals surface area contributed by atoms with Crippen molar-refractivity contribution in [2.45, 2.75) is 0 Å². The summed E-state index contributed by atoms with van der Waals surface area (Å²) in [6.45, 7) is 0. The Morgan fingerprint density at radius 3 is 1.51 bits per heavy atom. The molecule has 7 aromatic carbocycles. The van der Waals surface area contributed by atoms with E-state index in [1.165, 1.54) is 77.6 Å². The molecule has 0 atom stereocenters. The first-order valence-electron chi connectivity index (χ1n) is 15.7. The fourth-order valence-electron chi connectivity index (χ4n) is 7.42. The first kappa shape index (κ1) is 25.9. The van der Waals surface area contributed by atoms with Crippen LogP contribution in [0.2, 0.25) is 0 Å². The number of thiophene rings is 3. The molecule has 0 spiro atoms. The predicted octanol–water partition coefficient (Wildman–Crippen LogP) is 14.2. The minimum atomic E-state index is 0.918. The van der Waals surface area contributed by atoms with Crippen LogP contribution in [0.5, 0.6) is 0 Å². The molecule has 4 heterocycles. The molecule has 0 amide bonds. The number of furan rings is 1. The molecular formula is C42H23NOS3. The van der Waals surface area contributed by atoms with E-state index in [0.717, 1.165) is 21.9 Å². The second-order valence-corrected chi connectivity index (χ2v) is 15.2. The molecule has 0 saturated carbocycles. The van der Waals surface area contributed by atoms with Gasteiger partial charge in [-0.3, -0.25) is 0 Å². The summed E-state index contributed by atoms with van der Waals surface area (Å²) < 4.78 is 14.4. The summed E-state index contributed by atoms with van der Waals surface area (Å²) in [4.78, 5) is 2.55. The largest absolute Gasteiger partial charge is 0.455 e. The third-order valence-corrected chi connectivity index (χ3v) is 13.1.